The van der Waals surface area contributed by atoms with E-state index in [-0.39, 0.29) is 10.7 Å². The summed E-state index contributed by atoms with van der Waals surface area (Å²) in [6.07, 6.45) is 11.8. The van der Waals surface area contributed by atoms with Gasteiger partial charge in [-0.3, -0.25) is 4.79 Å². The molecule has 6 nitrogen and oxygen atoms in total. The van der Waals surface area contributed by atoms with Crippen LogP contribution in [0.2, 0.25) is 0 Å². The van der Waals surface area contributed by atoms with Gasteiger partial charge in [0, 0.05) is 45.7 Å². The van der Waals surface area contributed by atoms with Crippen molar-refractivity contribution in [2.24, 2.45) is 4.40 Å². The average Bonchev–Trinajstić information content (AvgIpc) is 3.10. The molecule has 7 heteroatoms. The smallest absolute Gasteiger partial charge is 0.283 e. The largest absolute Gasteiger partial charge is 0.382 e. The summed E-state index contributed by atoms with van der Waals surface area (Å²) in [5, 5.41) is 7.35. The highest BCUT2D eigenvalue weighted by molar-refractivity contribution is 7.90. The zero-order valence-corrected chi connectivity index (χ0v) is 19.5. The van der Waals surface area contributed by atoms with Crippen LogP contribution in [0.1, 0.15) is 91.3 Å². The predicted molar refractivity (Wildman–Crippen MR) is 130 cm³/mol. The lowest BCUT2D eigenvalue weighted by molar-refractivity contribution is 0.103. The van der Waals surface area contributed by atoms with E-state index in [9.17, 15) is 13.2 Å². The molecule has 0 spiro atoms. The predicted octanol–water partition coefficient (Wildman–Crippen LogP) is 5.26. The summed E-state index contributed by atoms with van der Waals surface area (Å²) in [4.78, 5) is 13.8. The van der Waals surface area contributed by atoms with Crippen LogP contribution in [0.15, 0.2) is 39.6 Å². The highest BCUT2D eigenvalue weighted by atomic mass is 32.2. The van der Waals surface area contributed by atoms with E-state index in [0.717, 1.165) is 37.1 Å². The highest BCUT2D eigenvalue weighted by Gasteiger charge is 2.40. The third kappa shape index (κ3) is 3.57. The maximum absolute atomic E-state index is 13.6. The van der Waals surface area contributed by atoms with Gasteiger partial charge in [0.1, 0.15) is 0 Å². The van der Waals surface area contributed by atoms with Gasteiger partial charge in [0.15, 0.2) is 5.78 Å². The molecule has 2 fully saturated rings. The van der Waals surface area contributed by atoms with Crippen molar-refractivity contribution in [3.63, 3.8) is 0 Å². The van der Waals surface area contributed by atoms with E-state index in [1.54, 1.807) is 18.2 Å². The summed E-state index contributed by atoms with van der Waals surface area (Å²) in [7, 11) is -3.81. The molecule has 0 unspecified atom stereocenters. The lowest BCUT2D eigenvalue weighted by Gasteiger charge is -2.29. The number of rotatable bonds is 4. The monoisotopic (exact) mass is 463 g/mol. The Kier molecular flexibility index (Phi) is 5.05. The number of nitrogens with zero attached hydrogens (tertiary/aromatic N) is 1. The normalized spacial score (nSPS) is 21.8. The molecule has 1 aliphatic heterocycles. The van der Waals surface area contributed by atoms with Crippen LogP contribution >= 0.6 is 0 Å². The van der Waals surface area contributed by atoms with E-state index in [2.05, 4.69) is 21.1 Å². The van der Waals surface area contributed by atoms with Crippen LogP contribution in [0.5, 0.6) is 0 Å². The summed E-state index contributed by atoms with van der Waals surface area (Å²) in [5.74, 6) is -0.128. The molecule has 0 atom stereocenters. The molecule has 0 amide bonds. The second-order valence-corrected chi connectivity index (χ2v) is 11.4. The van der Waals surface area contributed by atoms with Gasteiger partial charge in [-0.2, -0.15) is 12.8 Å². The third-order valence-corrected chi connectivity index (χ3v) is 8.88. The molecule has 172 valence electrons. The Labute approximate surface area is 194 Å². The van der Waals surface area contributed by atoms with Crippen molar-refractivity contribution >= 4 is 32.9 Å². The number of benzene rings is 2. The Bertz CT molecular complexity index is 1270. The first-order valence-corrected chi connectivity index (χ1v) is 13.7. The number of hydrogen-bond acceptors (Lipinski definition) is 5. The minimum atomic E-state index is -3.81. The number of sulfonamides is 1. The molecule has 6 rings (SSSR count). The third-order valence-electron chi connectivity index (χ3n) is 7.56. The summed E-state index contributed by atoms with van der Waals surface area (Å²) >= 11 is 0. The number of hydrogen-bond donors (Lipinski definition) is 2. The molecular weight excluding hydrogens is 434 g/mol. The van der Waals surface area contributed by atoms with Gasteiger partial charge in [0.05, 0.1) is 10.6 Å². The molecule has 33 heavy (non-hydrogen) atoms. The number of carbonyl (C=O) groups excluding carboxylic acids is 1. The van der Waals surface area contributed by atoms with Crippen molar-refractivity contribution in [2.75, 3.05) is 10.6 Å². The van der Waals surface area contributed by atoms with E-state index in [1.807, 2.05) is 6.07 Å². The molecular formula is C26H29N3O3S. The van der Waals surface area contributed by atoms with Crippen LogP contribution in [0.25, 0.3) is 0 Å². The lowest BCUT2D eigenvalue weighted by Crippen LogP contribution is -2.28. The van der Waals surface area contributed by atoms with E-state index in [4.69, 9.17) is 0 Å². The molecule has 0 radical (unpaired) electrons. The summed E-state index contributed by atoms with van der Waals surface area (Å²) in [6.45, 7) is 0. The molecule has 1 heterocycles. The van der Waals surface area contributed by atoms with Gasteiger partial charge in [-0.15, -0.1) is 0 Å². The van der Waals surface area contributed by atoms with Crippen LogP contribution in [-0.2, 0) is 10.0 Å². The molecule has 2 aromatic rings. The van der Waals surface area contributed by atoms with E-state index < -0.39 is 10.0 Å². The van der Waals surface area contributed by atoms with Crippen molar-refractivity contribution in [1.82, 2.24) is 0 Å². The first-order chi connectivity index (χ1) is 16.0. The van der Waals surface area contributed by atoms with Gasteiger partial charge >= 0.3 is 0 Å². The van der Waals surface area contributed by atoms with Crippen molar-refractivity contribution in [1.29, 1.82) is 0 Å². The fraction of sp³-hybridized carbons (Fsp3) is 0.462. The van der Waals surface area contributed by atoms with Gasteiger partial charge in [0.2, 0.25) is 0 Å². The number of carbonyl (C=O) groups is 1. The van der Waals surface area contributed by atoms with Crippen LogP contribution < -0.4 is 10.6 Å². The lowest BCUT2D eigenvalue weighted by atomic mass is 9.82. The second kappa shape index (κ2) is 7.97. The first-order valence-electron chi connectivity index (χ1n) is 12.3. The number of nitrogens with one attached hydrogen (secondary N) is 2. The standard InChI is InChI=1S/C26H29N3O3S/c30-26-19-12-7-13-22-24(19)25(29-33(22,31)32)23-20(26)14-18(27-16-8-3-1-4-9-16)15-21(23)28-17-10-5-2-6-11-17/h7,12-17,27-28H,1-6,8-11H2. The Hall–Kier alpha value is -2.67. The van der Waals surface area contributed by atoms with Gasteiger partial charge < -0.3 is 10.6 Å². The van der Waals surface area contributed by atoms with Crippen molar-refractivity contribution in [3.05, 3.63) is 52.6 Å². The van der Waals surface area contributed by atoms with Crippen LogP contribution in [0.3, 0.4) is 0 Å². The second-order valence-electron chi connectivity index (χ2n) is 9.83. The molecule has 2 saturated carbocycles. The van der Waals surface area contributed by atoms with Gasteiger partial charge in [-0.05, 0) is 43.9 Å². The van der Waals surface area contributed by atoms with E-state index >= 15 is 0 Å². The Balaban J connectivity index is 1.50. The maximum atomic E-state index is 13.6. The van der Waals surface area contributed by atoms with Crippen LogP contribution in [-0.4, -0.2) is 32.0 Å². The average molecular weight is 464 g/mol. The van der Waals surface area contributed by atoms with E-state index in [1.165, 1.54) is 38.5 Å². The molecule has 0 saturated heterocycles. The zero-order valence-electron chi connectivity index (χ0n) is 18.7. The Morgan fingerprint density at radius 2 is 1.45 bits per heavy atom. The topological polar surface area (TPSA) is 87.6 Å². The first kappa shape index (κ1) is 20.9. The molecule has 0 aromatic heterocycles. The van der Waals surface area contributed by atoms with Crippen LogP contribution in [0.4, 0.5) is 11.4 Å². The molecule has 2 N–H and O–H groups in total. The molecule has 2 aromatic carbocycles. The molecule has 3 aliphatic carbocycles. The quantitative estimate of drug-likeness (QED) is 0.551. The van der Waals surface area contributed by atoms with Crippen LogP contribution in [0, 0.1) is 0 Å². The Morgan fingerprint density at radius 3 is 2.15 bits per heavy atom. The summed E-state index contributed by atoms with van der Waals surface area (Å²) < 4.78 is 29.8. The van der Waals surface area contributed by atoms with Gasteiger partial charge in [-0.25, -0.2) is 0 Å². The minimum Gasteiger partial charge on any atom is -0.382 e. The number of anilines is 2. The van der Waals surface area contributed by atoms with Gasteiger partial charge in [0.25, 0.3) is 10.0 Å². The van der Waals surface area contributed by atoms with Crippen molar-refractivity contribution in [3.8, 4) is 0 Å². The molecule has 0 bridgehead atoms. The fourth-order valence-electron chi connectivity index (χ4n) is 5.93. The number of ketones is 1. The molecule has 4 aliphatic rings. The summed E-state index contributed by atoms with van der Waals surface area (Å²) in [6, 6.07) is 9.60. The zero-order chi connectivity index (χ0) is 22.6. The van der Waals surface area contributed by atoms with Crippen molar-refractivity contribution < 1.29 is 13.2 Å². The van der Waals surface area contributed by atoms with E-state index in [0.29, 0.717) is 40.0 Å². The minimum absolute atomic E-state index is 0.128. The van der Waals surface area contributed by atoms with Gasteiger partial charge in [-0.1, -0.05) is 50.7 Å². The maximum Gasteiger partial charge on any atom is 0.283 e. The summed E-state index contributed by atoms with van der Waals surface area (Å²) in [5.41, 5.74) is 4.23. The SMILES string of the molecule is O=C1c2cc(NC3CCCCC3)cc(NC3CCCCC3)c2C2=NS(=O)(=O)c3cccc1c32. The Morgan fingerprint density at radius 1 is 0.788 bits per heavy atom. The van der Waals surface area contributed by atoms with Crippen molar-refractivity contribution in [2.45, 2.75) is 81.2 Å². The highest BCUT2D eigenvalue weighted by Crippen LogP contribution is 2.42. The fourth-order valence-corrected chi connectivity index (χ4v) is 7.17. The number of fused-ring (bicyclic) bond motifs is 2.